The highest BCUT2D eigenvalue weighted by atomic mass is 35.5. The number of rotatable bonds is 23. The summed E-state index contributed by atoms with van der Waals surface area (Å²) in [5.74, 6) is -0.323. The Bertz CT molecular complexity index is 481. The molecular formula is C24H48ClO6P. The first-order valence-electron chi connectivity index (χ1n) is 12.8. The first-order chi connectivity index (χ1) is 15.4. The standard InChI is InChI=1S/C24H48ClO6P/c1-4-7-8-9-10-11-12-13-14-15-16-17-18-19-24(27)29-21-22(26)20-23(25)32(28,30-5-2)31-6-3/h22-23,26H,4-21H2,1-3H3/t22-,23?/m0/s1. The van der Waals surface area contributed by atoms with Gasteiger partial charge in [0.2, 0.25) is 0 Å². The lowest BCUT2D eigenvalue weighted by atomic mass is 10.0. The Morgan fingerprint density at radius 2 is 1.25 bits per heavy atom. The van der Waals surface area contributed by atoms with Gasteiger partial charge in [-0.1, -0.05) is 84.0 Å². The molecule has 6 nitrogen and oxygen atoms in total. The Labute approximate surface area is 201 Å². The van der Waals surface area contributed by atoms with Gasteiger partial charge in [0, 0.05) is 12.8 Å². The van der Waals surface area contributed by atoms with Crippen molar-refractivity contribution in [3.63, 3.8) is 0 Å². The SMILES string of the molecule is CCCCCCCCCCCCCCCC(=O)OC[C@@H](O)CC(Cl)P(=O)(OCC)OCC. The fraction of sp³-hybridized carbons (Fsp3) is 0.958. The lowest BCUT2D eigenvalue weighted by molar-refractivity contribution is -0.146. The van der Waals surface area contributed by atoms with Crippen molar-refractivity contribution in [3.8, 4) is 0 Å². The van der Waals surface area contributed by atoms with E-state index in [0.717, 1.165) is 19.3 Å². The fourth-order valence-electron chi connectivity index (χ4n) is 3.53. The van der Waals surface area contributed by atoms with Gasteiger partial charge in [-0.15, -0.1) is 11.6 Å². The quantitative estimate of drug-likeness (QED) is 0.0676. The molecule has 0 aliphatic carbocycles. The topological polar surface area (TPSA) is 82.1 Å². The van der Waals surface area contributed by atoms with Gasteiger partial charge in [-0.25, -0.2) is 0 Å². The minimum atomic E-state index is -3.49. The van der Waals surface area contributed by atoms with E-state index < -0.39 is 18.8 Å². The minimum Gasteiger partial charge on any atom is -0.463 e. The predicted molar refractivity (Wildman–Crippen MR) is 132 cm³/mol. The van der Waals surface area contributed by atoms with Gasteiger partial charge < -0.3 is 18.9 Å². The molecule has 0 spiro atoms. The summed E-state index contributed by atoms with van der Waals surface area (Å²) >= 11 is 6.14. The maximum Gasteiger partial charge on any atom is 0.348 e. The van der Waals surface area contributed by atoms with Crippen molar-refractivity contribution in [2.75, 3.05) is 19.8 Å². The molecule has 8 heteroatoms. The third-order valence-electron chi connectivity index (χ3n) is 5.35. The maximum absolute atomic E-state index is 12.5. The molecule has 0 saturated carbocycles. The van der Waals surface area contributed by atoms with Crippen molar-refractivity contribution in [1.29, 1.82) is 0 Å². The number of unbranched alkanes of at least 4 members (excludes halogenated alkanes) is 12. The van der Waals surface area contributed by atoms with Crippen molar-refractivity contribution >= 4 is 25.2 Å². The van der Waals surface area contributed by atoms with Crippen LogP contribution in [0.2, 0.25) is 0 Å². The maximum atomic E-state index is 12.5. The summed E-state index contributed by atoms with van der Waals surface area (Å²) in [5, 5.41) is 9.07. The molecular weight excluding hydrogens is 451 g/mol. The molecule has 0 bridgehead atoms. The Balaban J connectivity index is 3.69. The Hall–Kier alpha value is -0.130. The van der Waals surface area contributed by atoms with E-state index in [1.54, 1.807) is 13.8 Å². The van der Waals surface area contributed by atoms with Crippen LogP contribution >= 0.6 is 19.2 Å². The third kappa shape index (κ3) is 17.4. The second-order valence-corrected chi connectivity index (χ2v) is 11.4. The molecule has 0 aromatic heterocycles. The first kappa shape index (κ1) is 31.9. The highest BCUT2D eigenvalue weighted by Crippen LogP contribution is 2.56. The Morgan fingerprint density at radius 1 is 0.812 bits per heavy atom. The van der Waals surface area contributed by atoms with Gasteiger partial charge in [0.1, 0.15) is 11.7 Å². The van der Waals surface area contributed by atoms with E-state index in [1.807, 2.05) is 0 Å². The molecule has 1 unspecified atom stereocenters. The van der Waals surface area contributed by atoms with Crippen LogP contribution in [-0.2, 0) is 23.1 Å². The zero-order valence-corrected chi connectivity index (χ0v) is 22.3. The molecule has 32 heavy (non-hydrogen) atoms. The number of esters is 1. The minimum absolute atomic E-state index is 0.0369. The van der Waals surface area contributed by atoms with Crippen LogP contribution in [0.15, 0.2) is 0 Å². The molecule has 1 N–H and O–H groups in total. The number of carbonyl (C=O) groups is 1. The van der Waals surface area contributed by atoms with Gasteiger partial charge in [0.25, 0.3) is 0 Å². The van der Waals surface area contributed by atoms with Crippen LogP contribution in [0.3, 0.4) is 0 Å². The van der Waals surface area contributed by atoms with Crippen LogP contribution in [0.1, 0.15) is 117 Å². The lowest BCUT2D eigenvalue weighted by Gasteiger charge is -2.23. The summed E-state index contributed by atoms with van der Waals surface area (Å²) in [7, 11) is -3.49. The second-order valence-electron chi connectivity index (χ2n) is 8.38. The van der Waals surface area contributed by atoms with E-state index in [2.05, 4.69) is 6.92 Å². The number of ether oxygens (including phenoxy) is 1. The van der Waals surface area contributed by atoms with Crippen LogP contribution in [0.5, 0.6) is 0 Å². The summed E-state index contributed by atoms with van der Waals surface area (Å²) in [6.07, 6.45) is 15.6. The van der Waals surface area contributed by atoms with E-state index in [-0.39, 0.29) is 32.2 Å². The molecule has 2 atom stereocenters. The molecule has 192 valence electrons. The monoisotopic (exact) mass is 498 g/mol. The van der Waals surface area contributed by atoms with Gasteiger partial charge in [0.15, 0.2) is 0 Å². The Kier molecular flexibility index (Phi) is 21.3. The van der Waals surface area contributed by atoms with E-state index in [0.29, 0.717) is 6.42 Å². The smallest absolute Gasteiger partial charge is 0.348 e. The number of alkyl halides is 1. The summed E-state index contributed by atoms with van der Waals surface area (Å²) < 4.78 is 28.0. The summed E-state index contributed by atoms with van der Waals surface area (Å²) in [6.45, 7) is 5.88. The van der Waals surface area contributed by atoms with Gasteiger partial charge >= 0.3 is 13.6 Å². The van der Waals surface area contributed by atoms with Crippen LogP contribution in [0.4, 0.5) is 0 Å². The van der Waals surface area contributed by atoms with E-state index in [4.69, 9.17) is 25.4 Å². The van der Waals surface area contributed by atoms with Crippen LogP contribution < -0.4 is 0 Å². The second kappa shape index (κ2) is 21.4. The molecule has 0 heterocycles. The summed E-state index contributed by atoms with van der Waals surface area (Å²) in [6, 6.07) is 0. The third-order valence-corrected chi connectivity index (χ3v) is 8.38. The summed E-state index contributed by atoms with van der Waals surface area (Å²) in [4.78, 5) is 11.9. The zero-order valence-electron chi connectivity index (χ0n) is 20.7. The molecule has 0 saturated heterocycles. The van der Waals surface area contributed by atoms with Crippen molar-refractivity contribution in [3.05, 3.63) is 0 Å². The van der Waals surface area contributed by atoms with Gasteiger partial charge in [-0.05, 0) is 20.3 Å². The largest absolute Gasteiger partial charge is 0.463 e. The highest BCUT2D eigenvalue weighted by Gasteiger charge is 2.35. The van der Waals surface area contributed by atoms with Crippen LogP contribution in [0, 0.1) is 0 Å². The summed E-state index contributed by atoms with van der Waals surface area (Å²) in [5.41, 5.74) is 0. The fourth-order valence-corrected chi connectivity index (χ4v) is 5.69. The van der Waals surface area contributed by atoms with Gasteiger partial charge in [-0.2, -0.15) is 0 Å². The average Bonchev–Trinajstić information content (AvgIpc) is 2.75. The number of halogens is 1. The van der Waals surface area contributed by atoms with Crippen LogP contribution in [0.25, 0.3) is 0 Å². The zero-order chi connectivity index (χ0) is 24.1. The van der Waals surface area contributed by atoms with Crippen molar-refractivity contribution in [2.45, 2.75) is 128 Å². The normalized spacial score (nSPS) is 13.8. The molecule has 0 aliphatic heterocycles. The van der Waals surface area contributed by atoms with E-state index >= 15 is 0 Å². The van der Waals surface area contributed by atoms with E-state index in [1.165, 1.54) is 64.2 Å². The number of aliphatic hydroxyl groups excluding tert-OH is 1. The number of hydrogen-bond donors (Lipinski definition) is 1. The molecule has 0 rings (SSSR count). The first-order valence-corrected chi connectivity index (χ1v) is 14.8. The molecule has 0 radical (unpaired) electrons. The van der Waals surface area contributed by atoms with Gasteiger partial charge in [-0.3, -0.25) is 9.36 Å². The number of aliphatic hydroxyl groups is 1. The van der Waals surface area contributed by atoms with Crippen molar-refractivity contribution < 1.29 is 28.3 Å². The molecule has 0 aliphatic rings. The average molecular weight is 499 g/mol. The number of hydrogen-bond acceptors (Lipinski definition) is 6. The molecule has 0 aromatic rings. The van der Waals surface area contributed by atoms with E-state index in [9.17, 15) is 14.5 Å². The lowest BCUT2D eigenvalue weighted by Crippen LogP contribution is -2.23. The molecule has 0 fully saturated rings. The van der Waals surface area contributed by atoms with Crippen LogP contribution in [-0.4, -0.2) is 42.1 Å². The number of carbonyl (C=O) groups excluding carboxylic acids is 1. The molecule has 0 aromatic carbocycles. The predicted octanol–water partition coefficient (Wildman–Crippen LogP) is 7.59. The van der Waals surface area contributed by atoms with Gasteiger partial charge in [0.05, 0.1) is 19.3 Å². The highest BCUT2D eigenvalue weighted by molar-refractivity contribution is 7.56. The Morgan fingerprint density at radius 3 is 1.69 bits per heavy atom. The molecule has 0 amide bonds. The van der Waals surface area contributed by atoms with Crippen molar-refractivity contribution in [2.24, 2.45) is 0 Å². The van der Waals surface area contributed by atoms with Crippen molar-refractivity contribution in [1.82, 2.24) is 0 Å².